The van der Waals surface area contributed by atoms with Crippen molar-refractivity contribution < 1.29 is 5.11 Å². The van der Waals surface area contributed by atoms with Crippen LogP contribution >= 0.6 is 66.4 Å². The van der Waals surface area contributed by atoms with E-state index in [1.807, 2.05) is 6.07 Å². The molecule has 0 saturated carbocycles. The van der Waals surface area contributed by atoms with E-state index in [4.69, 9.17) is 23.2 Å². The fraction of sp³-hybridized carbons (Fsp3) is 0.167. The van der Waals surface area contributed by atoms with Crippen LogP contribution in [0.3, 0.4) is 0 Å². The molecule has 0 aliphatic heterocycles. The van der Waals surface area contributed by atoms with Crippen molar-refractivity contribution in [3.63, 3.8) is 0 Å². The quantitative estimate of drug-likeness (QED) is 0.647. The molecule has 0 aliphatic carbocycles. The van der Waals surface area contributed by atoms with Crippen LogP contribution in [-0.2, 0) is 6.42 Å². The van der Waals surface area contributed by atoms with Gasteiger partial charge in [-0.3, -0.25) is 0 Å². The monoisotopic (exact) mass is 428 g/mol. The Morgan fingerprint density at radius 1 is 1.22 bits per heavy atom. The lowest BCUT2D eigenvalue weighted by molar-refractivity contribution is 0.182. The summed E-state index contributed by atoms with van der Waals surface area (Å²) in [7, 11) is 0. The van der Waals surface area contributed by atoms with Crippen LogP contribution in [-0.4, -0.2) is 5.11 Å². The first-order chi connectivity index (χ1) is 8.49. The van der Waals surface area contributed by atoms with E-state index in [9.17, 15) is 5.11 Å². The van der Waals surface area contributed by atoms with Crippen LogP contribution in [0.1, 0.15) is 16.5 Å². The summed E-state index contributed by atoms with van der Waals surface area (Å²) in [4.78, 5) is 0.865. The molecule has 0 fully saturated rings. The van der Waals surface area contributed by atoms with Gasteiger partial charge in [0.25, 0.3) is 0 Å². The van der Waals surface area contributed by atoms with Crippen LogP contribution in [0.5, 0.6) is 0 Å². The third-order valence-corrected chi connectivity index (χ3v) is 6.52. The van der Waals surface area contributed by atoms with E-state index in [2.05, 4.69) is 31.9 Å². The van der Waals surface area contributed by atoms with Crippen LogP contribution in [0.25, 0.3) is 0 Å². The molecule has 0 saturated heterocycles. The molecule has 1 heterocycles. The van der Waals surface area contributed by atoms with Crippen LogP contribution in [0.4, 0.5) is 0 Å². The first-order valence-electron chi connectivity index (χ1n) is 5.04. The van der Waals surface area contributed by atoms with E-state index in [1.54, 1.807) is 18.2 Å². The molecule has 0 radical (unpaired) electrons. The molecule has 1 unspecified atom stereocenters. The van der Waals surface area contributed by atoms with Crippen molar-refractivity contribution in [3.05, 3.63) is 53.0 Å². The van der Waals surface area contributed by atoms with E-state index in [0.29, 0.717) is 16.5 Å². The standard InChI is InChI=1S/C12H8Br2Cl2OS/c13-7-5-11(18-12(7)14)10(17)4-6-8(15)2-1-3-9(6)16/h1-3,5,10,17H,4H2. The van der Waals surface area contributed by atoms with Gasteiger partial charge in [0.1, 0.15) is 0 Å². The highest BCUT2D eigenvalue weighted by Crippen LogP contribution is 2.37. The molecule has 1 atom stereocenters. The van der Waals surface area contributed by atoms with Crippen LogP contribution in [0.2, 0.25) is 10.0 Å². The van der Waals surface area contributed by atoms with E-state index >= 15 is 0 Å². The number of halogens is 4. The predicted octanol–water partition coefficient (Wildman–Crippen LogP) is 5.86. The first-order valence-corrected chi connectivity index (χ1v) is 8.20. The van der Waals surface area contributed by atoms with Gasteiger partial charge in [-0.2, -0.15) is 0 Å². The normalized spacial score (nSPS) is 12.7. The highest BCUT2D eigenvalue weighted by molar-refractivity contribution is 9.13. The van der Waals surface area contributed by atoms with Crippen molar-refractivity contribution in [2.24, 2.45) is 0 Å². The summed E-state index contributed by atoms with van der Waals surface area (Å²) < 4.78 is 1.90. The number of hydrogen-bond acceptors (Lipinski definition) is 2. The molecule has 1 N–H and O–H groups in total. The van der Waals surface area contributed by atoms with Gasteiger partial charge in [-0.15, -0.1) is 11.3 Å². The third kappa shape index (κ3) is 3.30. The summed E-state index contributed by atoms with van der Waals surface area (Å²) in [6, 6.07) is 7.23. The molecular formula is C12H8Br2Cl2OS. The average molecular weight is 431 g/mol. The predicted molar refractivity (Wildman–Crippen MR) is 84.8 cm³/mol. The molecule has 0 aliphatic rings. The average Bonchev–Trinajstić information content (AvgIpc) is 2.64. The zero-order valence-corrected chi connectivity index (χ0v) is 14.5. The Morgan fingerprint density at radius 2 is 1.83 bits per heavy atom. The molecule has 2 aromatic rings. The molecule has 6 heteroatoms. The maximum absolute atomic E-state index is 10.2. The van der Waals surface area contributed by atoms with Gasteiger partial charge >= 0.3 is 0 Å². The van der Waals surface area contributed by atoms with Gasteiger partial charge in [0.15, 0.2) is 0 Å². The second-order valence-corrected chi connectivity index (χ2v) is 7.76. The molecule has 1 aromatic heterocycles. The summed E-state index contributed by atoms with van der Waals surface area (Å²) in [5.74, 6) is 0. The third-order valence-electron chi connectivity index (χ3n) is 2.45. The summed E-state index contributed by atoms with van der Waals surface area (Å²) in [5.41, 5.74) is 0.772. The number of hydrogen-bond donors (Lipinski definition) is 1. The largest absolute Gasteiger partial charge is 0.387 e. The number of aliphatic hydroxyl groups excluding tert-OH is 1. The fourth-order valence-electron chi connectivity index (χ4n) is 1.55. The van der Waals surface area contributed by atoms with Crippen molar-refractivity contribution >= 4 is 66.4 Å². The molecular weight excluding hydrogens is 423 g/mol. The zero-order valence-electron chi connectivity index (χ0n) is 8.96. The zero-order chi connectivity index (χ0) is 13.3. The molecule has 18 heavy (non-hydrogen) atoms. The van der Waals surface area contributed by atoms with Crippen LogP contribution in [0, 0.1) is 0 Å². The van der Waals surface area contributed by atoms with E-state index in [0.717, 1.165) is 18.7 Å². The Hall–Kier alpha value is 0.420. The SMILES string of the molecule is OC(Cc1c(Cl)cccc1Cl)c1cc(Br)c(Br)s1. The molecule has 2 rings (SSSR count). The Bertz CT molecular complexity index is 531. The highest BCUT2D eigenvalue weighted by atomic mass is 79.9. The summed E-state index contributed by atoms with van der Waals surface area (Å²) in [6.45, 7) is 0. The lowest BCUT2D eigenvalue weighted by atomic mass is 10.1. The highest BCUT2D eigenvalue weighted by Gasteiger charge is 2.16. The smallest absolute Gasteiger partial charge is 0.0924 e. The van der Waals surface area contributed by atoms with Gasteiger partial charge in [-0.25, -0.2) is 0 Å². The van der Waals surface area contributed by atoms with Crippen molar-refractivity contribution in [2.75, 3.05) is 0 Å². The molecule has 96 valence electrons. The number of benzene rings is 1. The fourth-order valence-corrected chi connectivity index (χ4v) is 4.18. The Kier molecular flexibility index (Phi) is 5.14. The van der Waals surface area contributed by atoms with Gasteiger partial charge in [-0.1, -0.05) is 29.3 Å². The molecule has 0 spiro atoms. The first kappa shape index (κ1) is 14.8. The Labute approximate surface area is 136 Å². The van der Waals surface area contributed by atoms with Crippen molar-refractivity contribution in [1.29, 1.82) is 0 Å². The molecule has 1 nitrogen and oxygen atoms in total. The second-order valence-electron chi connectivity index (χ2n) is 3.69. The number of thiophene rings is 1. The number of rotatable bonds is 3. The van der Waals surface area contributed by atoms with Crippen molar-refractivity contribution in [2.45, 2.75) is 12.5 Å². The Balaban J connectivity index is 2.23. The van der Waals surface area contributed by atoms with Crippen LogP contribution < -0.4 is 0 Å². The Morgan fingerprint density at radius 3 is 2.33 bits per heavy atom. The van der Waals surface area contributed by atoms with Crippen LogP contribution in [0.15, 0.2) is 32.5 Å². The van der Waals surface area contributed by atoms with Crippen molar-refractivity contribution in [3.8, 4) is 0 Å². The van der Waals surface area contributed by atoms with E-state index in [1.165, 1.54) is 11.3 Å². The number of aliphatic hydroxyl groups is 1. The topological polar surface area (TPSA) is 20.2 Å². The van der Waals surface area contributed by atoms with Gasteiger partial charge in [0.05, 0.1) is 9.89 Å². The van der Waals surface area contributed by atoms with Gasteiger partial charge in [0.2, 0.25) is 0 Å². The lowest BCUT2D eigenvalue weighted by Gasteiger charge is -2.11. The summed E-state index contributed by atoms with van der Waals surface area (Å²) in [5, 5.41) is 11.4. The minimum absolute atomic E-state index is 0.401. The lowest BCUT2D eigenvalue weighted by Crippen LogP contribution is -2.00. The molecule has 0 bridgehead atoms. The summed E-state index contributed by atoms with van der Waals surface area (Å²) in [6.07, 6.45) is -0.215. The molecule has 0 amide bonds. The van der Waals surface area contributed by atoms with Gasteiger partial charge < -0.3 is 5.11 Å². The van der Waals surface area contributed by atoms with E-state index in [-0.39, 0.29) is 0 Å². The van der Waals surface area contributed by atoms with Crippen molar-refractivity contribution in [1.82, 2.24) is 0 Å². The van der Waals surface area contributed by atoms with E-state index < -0.39 is 6.10 Å². The van der Waals surface area contributed by atoms with Gasteiger partial charge in [-0.05, 0) is 55.6 Å². The minimum Gasteiger partial charge on any atom is -0.387 e. The second kappa shape index (κ2) is 6.25. The van der Waals surface area contributed by atoms with Gasteiger partial charge in [0, 0.05) is 25.8 Å². The summed E-state index contributed by atoms with van der Waals surface area (Å²) >= 11 is 20.5. The maximum Gasteiger partial charge on any atom is 0.0924 e. The maximum atomic E-state index is 10.2. The minimum atomic E-state index is -0.616. The molecule has 1 aromatic carbocycles.